The molecule has 3 rings (SSSR count). The van der Waals surface area contributed by atoms with Crippen molar-refractivity contribution in [3.8, 4) is 0 Å². The first-order valence-corrected chi connectivity index (χ1v) is 9.25. The number of hydrogen-bond donors (Lipinski definition) is 1. The second-order valence-corrected chi connectivity index (χ2v) is 6.89. The predicted octanol–water partition coefficient (Wildman–Crippen LogP) is 1.69. The number of halogens is 1. The molecule has 2 aromatic heterocycles. The first kappa shape index (κ1) is 17.9. The fourth-order valence-corrected chi connectivity index (χ4v) is 3.37. The van der Waals surface area contributed by atoms with Gasteiger partial charge in [0.2, 0.25) is 0 Å². The lowest BCUT2D eigenvalue weighted by Crippen LogP contribution is -2.46. The van der Waals surface area contributed by atoms with Gasteiger partial charge in [-0.05, 0) is 40.2 Å². The van der Waals surface area contributed by atoms with Gasteiger partial charge in [-0.2, -0.15) is 5.10 Å². The van der Waals surface area contributed by atoms with Crippen LogP contribution in [-0.4, -0.2) is 52.4 Å². The number of aryl methyl sites for hydroxylation is 1. The number of hydrogen-bond acceptors (Lipinski definition) is 6. The van der Waals surface area contributed by atoms with Crippen LogP contribution in [0.15, 0.2) is 33.8 Å². The van der Waals surface area contributed by atoms with E-state index in [1.54, 1.807) is 13.2 Å². The van der Waals surface area contributed by atoms with Crippen molar-refractivity contribution in [1.29, 1.82) is 0 Å². The molecule has 0 amide bonds. The summed E-state index contributed by atoms with van der Waals surface area (Å²) in [6.07, 6.45) is 3.49. The van der Waals surface area contributed by atoms with Crippen molar-refractivity contribution >= 4 is 27.4 Å². The molecule has 1 N–H and O–H groups in total. The van der Waals surface area contributed by atoms with Crippen LogP contribution < -0.4 is 15.8 Å². The van der Waals surface area contributed by atoms with Crippen molar-refractivity contribution in [2.24, 2.45) is 7.05 Å². The van der Waals surface area contributed by atoms with Crippen LogP contribution in [0.1, 0.15) is 12.5 Å². The van der Waals surface area contributed by atoms with E-state index in [1.165, 1.54) is 4.68 Å². The van der Waals surface area contributed by atoms with Crippen molar-refractivity contribution in [3.05, 3.63) is 44.9 Å². The molecular formula is C17H23BrN6O. The molecule has 134 valence electrons. The van der Waals surface area contributed by atoms with Gasteiger partial charge in [0.05, 0.1) is 11.9 Å². The van der Waals surface area contributed by atoms with E-state index in [0.717, 1.165) is 44.1 Å². The van der Waals surface area contributed by atoms with Gasteiger partial charge in [-0.3, -0.25) is 4.79 Å². The van der Waals surface area contributed by atoms with E-state index < -0.39 is 0 Å². The van der Waals surface area contributed by atoms with Crippen molar-refractivity contribution in [2.75, 3.05) is 42.9 Å². The van der Waals surface area contributed by atoms with Crippen molar-refractivity contribution in [2.45, 2.75) is 13.5 Å². The van der Waals surface area contributed by atoms with Gasteiger partial charge in [0, 0.05) is 46.0 Å². The number of nitrogens with one attached hydrogen (secondary N) is 1. The van der Waals surface area contributed by atoms with Crippen molar-refractivity contribution < 1.29 is 0 Å². The zero-order chi connectivity index (χ0) is 17.8. The number of pyridine rings is 1. The van der Waals surface area contributed by atoms with Crippen molar-refractivity contribution in [3.63, 3.8) is 0 Å². The molecule has 1 aliphatic rings. The molecule has 7 nitrogen and oxygen atoms in total. The smallest absolute Gasteiger partial charge is 0.282 e. The lowest BCUT2D eigenvalue weighted by Gasteiger charge is -2.34. The summed E-state index contributed by atoms with van der Waals surface area (Å²) in [6, 6.07) is 4.10. The normalized spacial score (nSPS) is 15.4. The maximum absolute atomic E-state index is 11.9. The van der Waals surface area contributed by atoms with Gasteiger partial charge in [-0.25, -0.2) is 9.67 Å². The van der Waals surface area contributed by atoms with Crippen LogP contribution in [0.5, 0.6) is 0 Å². The average Bonchev–Trinajstić information content (AvgIpc) is 2.66. The van der Waals surface area contributed by atoms with Gasteiger partial charge in [0.25, 0.3) is 5.56 Å². The molecule has 8 heteroatoms. The van der Waals surface area contributed by atoms with E-state index >= 15 is 0 Å². The average molecular weight is 407 g/mol. The predicted molar refractivity (Wildman–Crippen MR) is 103 cm³/mol. The van der Waals surface area contributed by atoms with Gasteiger partial charge in [0.15, 0.2) is 0 Å². The minimum Gasteiger partial charge on any atom is -0.379 e. The summed E-state index contributed by atoms with van der Waals surface area (Å²) >= 11 is 3.33. The summed E-state index contributed by atoms with van der Waals surface area (Å²) < 4.78 is 1.80. The highest BCUT2D eigenvalue weighted by Crippen LogP contribution is 2.19. The molecule has 0 radical (unpaired) electrons. The Kier molecular flexibility index (Phi) is 5.70. The van der Waals surface area contributed by atoms with Crippen LogP contribution in [0.4, 0.5) is 11.5 Å². The van der Waals surface area contributed by atoms with E-state index in [1.807, 2.05) is 12.3 Å². The SMILES string of the molecule is CCN1CCN(c2cc(CNc3cnn(C)c(=O)c3Br)ccn2)CC1. The molecule has 1 saturated heterocycles. The summed E-state index contributed by atoms with van der Waals surface area (Å²) in [7, 11) is 1.63. The molecule has 1 fully saturated rings. The summed E-state index contributed by atoms with van der Waals surface area (Å²) in [5.41, 5.74) is 1.66. The van der Waals surface area contributed by atoms with Gasteiger partial charge >= 0.3 is 0 Å². The zero-order valence-corrected chi connectivity index (χ0v) is 16.2. The Bertz CT molecular complexity index is 785. The Morgan fingerprint density at radius 1 is 1.28 bits per heavy atom. The Balaban J connectivity index is 1.66. The molecule has 0 aliphatic carbocycles. The van der Waals surface area contributed by atoms with E-state index in [-0.39, 0.29) is 5.56 Å². The number of likely N-dealkylation sites (N-methyl/N-ethyl adjacent to an activating group) is 1. The number of rotatable bonds is 5. The maximum atomic E-state index is 11.9. The largest absolute Gasteiger partial charge is 0.379 e. The van der Waals surface area contributed by atoms with E-state index in [4.69, 9.17) is 0 Å². The van der Waals surface area contributed by atoms with Crippen LogP contribution in [-0.2, 0) is 13.6 Å². The Hall–Kier alpha value is -1.93. The van der Waals surface area contributed by atoms with E-state index in [0.29, 0.717) is 16.7 Å². The van der Waals surface area contributed by atoms with Gasteiger partial charge in [0.1, 0.15) is 10.3 Å². The lowest BCUT2D eigenvalue weighted by atomic mass is 10.2. The quantitative estimate of drug-likeness (QED) is 0.814. The summed E-state index contributed by atoms with van der Waals surface area (Å²) in [5.74, 6) is 1.01. The third-order valence-electron chi connectivity index (χ3n) is 4.51. The topological polar surface area (TPSA) is 66.3 Å². The summed E-state index contributed by atoms with van der Waals surface area (Å²) in [4.78, 5) is 21.2. The van der Waals surface area contributed by atoms with Crippen LogP contribution in [0.3, 0.4) is 0 Å². The molecule has 0 aromatic carbocycles. The molecule has 2 aromatic rings. The Labute approximate surface area is 155 Å². The van der Waals surface area contributed by atoms with E-state index in [2.05, 4.69) is 54.1 Å². The third-order valence-corrected chi connectivity index (χ3v) is 5.28. The molecule has 0 unspecified atom stereocenters. The number of anilines is 2. The first-order chi connectivity index (χ1) is 12.1. The Morgan fingerprint density at radius 2 is 2.04 bits per heavy atom. The monoisotopic (exact) mass is 406 g/mol. The number of nitrogens with zero attached hydrogens (tertiary/aromatic N) is 5. The summed E-state index contributed by atoms with van der Waals surface area (Å²) in [5, 5.41) is 7.31. The maximum Gasteiger partial charge on any atom is 0.282 e. The minimum absolute atomic E-state index is 0.158. The van der Waals surface area contributed by atoms with Crippen molar-refractivity contribution in [1.82, 2.24) is 19.7 Å². The van der Waals surface area contributed by atoms with Crippen LogP contribution in [0.2, 0.25) is 0 Å². The lowest BCUT2D eigenvalue weighted by molar-refractivity contribution is 0.270. The van der Waals surface area contributed by atoms with Crippen LogP contribution in [0.25, 0.3) is 0 Å². The molecule has 25 heavy (non-hydrogen) atoms. The molecule has 0 atom stereocenters. The second-order valence-electron chi connectivity index (χ2n) is 6.10. The molecular weight excluding hydrogens is 384 g/mol. The minimum atomic E-state index is -0.158. The van der Waals surface area contributed by atoms with Gasteiger partial charge in [-0.1, -0.05) is 6.92 Å². The van der Waals surface area contributed by atoms with Crippen LogP contribution >= 0.6 is 15.9 Å². The standard InChI is InChI=1S/C17H23BrN6O/c1-3-23-6-8-24(9-7-23)15-10-13(4-5-19-15)11-20-14-12-21-22(2)17(25)16(14)18/h4-5,10,12,20H,3,6-9,11H2,1-2H3. The highest BCUT2D eigenvalue weighted by Gasteiger charge is 2.17. The van der Waals surface area contributed by atoms with Crippen LogP contribution in [0, 0.1) is 0 Å². The fraction of sp³-hybridized carbons (Fsp3) is 0.471. The highest BCUT2D eigenvalue weighted by atomic mass is 79.9. The number of aromatic nitrogens is 3. The zero-order valence-electron chi connectivity index (χ0n) is 14.6. The third kappa shape index (κ3) is 4.19. The van der Waals surface area contributed by atoms with E-state index in [9.17, 15) is 4.79 Å². The van der Waals surface area contributed by atoms with Gasteiger partial charge in [-0.15, -0.1) is 0 Å². The molecule has 0 bridgehead atoms. The highest BCUT2D eigenvalue weighted by molar-refractivity contribution is 9.10. The number of piperazine rings is 1. The summed E-state index contributed by atoms with van der Waals surface area (Å²) in [6.45, 7) is 8.07. The fourth-order valence-electron chi connectivity index (χ4n) is 2.87. The Morgan fingerprint density at radius 3 is 2.76 bits per heavy atom. The first-order valence-electron chi connectivity index (χ1n) is 8.46. The molecule has 0 saturated carbocycles. The second kappa shape index (κ2) is 7.97. The molecule has 3 heterocycles. The van der Waals surface area contributed by atoms with Gasteiger partial charge < -0.3 is 15.1 Å². The molecule has 1 aliphatic heterocycles. The molecule has 0 spiro atoms.